The van der Waals surface area contributed by atoms with Gasteiger partial charge >= 0.3 is 0 Å². The van der Waals surface area contributed by atoms with Gasteiger partial charge in [0.05, 0.1) is 0 Å². The van der Waals surface area contributed by atoms with Gasteiger partial charge < -0.3 is 5.32 Å². The topological polar surface area (TPSA) is 15.3 Å². The molecule has 0 aromatic rings. The van der Waals surface area contributed by atoms with Gasteiger partial charge in [0.15, 0.2) is 0 Å². The maximum Gasteiger partial charge on any atom is 0.0163 e. The second kappa shape index (κ2) is 5.83. The van der Waals surface area contributed by atoms with E-state index >= 15 is 0 Å². The zero-order chi connectivity index (χ0) is 11.4. The first-order valence-electron chi connectivity index (χ1n) is 6.93. The fourth-order valence-corrected chi connectivity index (χ4v) is 2.72. The Hall–Kier alpha value is -0.340. The molecule has 16 heavy (non-hydrogen) atoms. The molecular formula is C14H26N2. The molecule has 2 unspecified atom stereocenters. The van der Waals surface area contributed by atoms with E-state index in [0.29, 0.717) is 0 Å². The maximum atomic E-state index is 3.88. The van der Waals surface area contributed by atoms with Gasteiger partial charge in [0.1, 0.15) is 0 Å². The van der Waals surface area contributed by atoms with Crippen molar-refractivity contribution < 1.29 is 0 Å². The molecule has 1 N–H and O–H groups in total. The van der Waals surface area contributed by atoms with Crippen LogP contribution in [0.1, 0.15) is 39.0 Å². The van der Waals surface area contributed by atoms with Crippen LogP contribution in [0.25, 0.3) is 0 Å². The molecule has 0 heterocycles. The highest BCUT2D eigenvalue weighted by atomic mass is 15.2. The van der Waals surface area contributed by atoms with Crippen molar-refractivity contribution in [1.29, 1.82) is 0 Å². The summed E-state index contributed by atoms with van der Waals surface area (Å²) in [6, 6.07) is 1.68. The van der Waals surface area contributed by atoms with Crippen molar-refractivity contribution in [1.82, 2.24) is 10.2 Å². The summed E-state index contributed by atoms with van der Waals surface area (Å²) in [5, 5.41) is 3.68. The molecule has 2 rings (SSSR count). The fourth-order valence-electron chi connectivity index (χ4n) is 2.72. The minimum atomic E-state index is 0.823. The van der Waals surface area contributed by atoms with Crippen molar-refractivity contribution in [3.05, 3.63) is 12.7 Å². The molecule has 0 spiro atoms. The van der Waals surface area contributed by atoms with Crippen LogP contribution in [0.3, 0.4) is 0 Å². The van der Waals surface area contributed by atoms with Crippen LogP contribution in [0.2, 0.25) is 0 Å². The van der Waals surface area contributed by atoms with Crippen LogP contribution in [-0.2, 0) is 0 Å². The average molecular weight is 222 g/mol. The Balaban J connectivity index is 1.74. The second-order valence-electron chi connectivity index (χ2n) is 5.37. The number of nitrogens with zero attached hydrogens (tertiary/aromatic N) is 1. The summed E-state index contributed by atoms with van der Waals surface area (Å²) < 4.78 is 0. The Labute approximate surface area is 100 Å². The summed E-state index contributed by atoms with van der Waals surface area (Å²) in [7, 11) is 0. The Morgan fingerprint density at radius 3 is 2.62 bits per heavy atom. The maximum absolute atomic E-state index is 3.88. The van der Waals surface area contributed by atoms with Crippen LogP contribution < -0.4 is 5.32 Å². The zero-order valence-electron chi connectivity index (χ0n) is 10.6. The van der Waals surface area contributed by atoms with Gasteiger partial charge in [0.2, 0.25) is 0 Å². The third-order valence-corrected chi connectivity index (χ3v) is 3.97. The predicted octanol–water partition coefficient (Wildman–Crippen LogP) is 2.42. The zero-order valence-corrected chi connectivity index (χ0v) is 10.6. The van der Waals surface area contributed by atoms with E-state index in [0.717, 1.165) is 24.5 Å². The van der Waals surface area contributed by atoms with Crippen molar-refractivity contribution in [2.45, 2.75) is 51.1 Å². The van der Waals surface area contributed by atoms with E-state index in [2.05, 4.69) is 29.8 Å². The number of hydrogen-bond donors (Lipinski definition) is 1. The average Bonchev–Trinajstić information content (AvgIpc) is 3.01. The highest BCUT2D eigenvalue weighted by molar-refractivity contribution is 4.93. The summed E-state index contributed by atoms with van der Waals surface area (Å²) in [6.07, 6.45) is 8.94. The van der Waals surface area contributed by atoms with E-state index in [9.17, 15) is 0 Å². The first-order valence-corrected chi connectivity index (χ1v) is 6.93. The molecule has 0 aromatic carbocycles. The van der Waals surface area contributed by atoms with Gasteiger partial charge in [-0.1, -0.05) is 13.0 Å². The van der Waals surface area contributed by atoms with Crippen LogP contribution in [0.15, 0.2) is 12.7 Å². The van der Waals surface area contributed by atoms with Gasteiger partial charge in [-0.3, -0.25) is 4.90 Å². The van der Waals surface area contributed by atoms with Crippen LogP contribution in [-0.4, -0.2) is 36.6 Å². The van der Waals surface area contributed by atoms with Crippen LogP contribution in [0.5, 0.6) is 0 Å². The third-order valence-electron chi connectivity index (χ3n) is 3.97. The summed E-state index contributed by atoms with van der Waals surface area (Å²) in [6.45, 7) is 9.69. The lowest BCUT2D eigenvalue weighted by Gasteiger charge is -2.44. The second-order valence-corrected chi connectivity index (χ2v) is 5.37. The molecule has 2 heteroatoms. The van der Waals surface area contributed by atoms with Gasteiger partial charge in [-0.2, -0.15) is 0 Å². The largest absolute Gasteiger partial charge is 0.314 e. The summed E-state index contributed by atoms with van der Waals surface area (Å²) in [4.78, 5) is 2.62. The predicted molar refractivity (Wildman–Crippen MR) is 69.6 cm³/mol. The summed E-state index contributed by atoms with van der Waals surface area (Å²) in [5.74, 6) is 0.895. The van der Waals surface area contributed by atoms with E-state index in [4.69, 9.17) is 0 Å². The molecule has 2 aliphatic carbocycles. The molecule has 0 aromatic heterocycles. The van der Waals surface area contributed by atoms with E-state index in [1.165, 1.54) is 45.2 Å². The molecule has 0 saturated heterocycles. The SMILES string of the molecule is C=CCN(CCC)C1CCC1CNC1CC1. The molecule has 0 aliphatic heterocycles. The summed E-state index contributed by atoms with van der Waals surface area (Å²) >= 11 is 0. The van der Waals surface area contributed by atoms with Crippen molar-refractivity contribution in [3.63, 3.8) is 0 Å². The quantitative estimate of drug-likeness (QED) is 0.635. The minimum Gasteiger partial charge on any atom is -0.314 e. The Bertz CT molecular complexity index is 223. The van der Waals surface area contributed by atoms with E-state index in [1.807, 2.05) is 0 Å². The molecule has 2 atom stereocenters. The van der Waals surface area contributed by atoms with Crippen molar-refractivity contribution in [2.75, 3.05) is 19.6 Å². The molecule has 0 amide bonds. The van der Waals surface area contributed by atoms with Gasteiger partial charge in [0.25, 0.3) is 0 Å². The normalized spacial score (nSPS) is 29.1. The Morgan fingerprint density at radius 1 is 1.31 bits per heavy atom. The molecular weight excluding hydrogens is 196 g/mol. The van der Waals surface area contributed by atoms with Crippen molar-refractivity contribution in [3.8, 4) is 0 Å². The van der Waals surface area contributed by atoms with E-state index in [-0.39, 0.29) is 0 Å². The van der Waals surface area contributed by atoms with Gasteiger partial charge in [-0.15, -0.1) is 6.58 Å². The smallest absolute Gasteiger partial charge is 0.0163 e. The molecule has 92 valence electrons. The van der Waals surface area contributed by atoms with Gasteiger partial charge in [0, 0.05) is 18.6 Å². The minimum absolute atomic E-state index is 0.823. The van der Waals surface area contributed by atoms with E-state index in [1.54, 1.807) is 0 Å². The molecule has 2 nitrogen and oxygen atoms in total. The standard InChI is InChI=1S/C14H26N2/c1-3-9-16(10-4-2)14-8-5-12(14)11-15-13-6-7-13/h3,12-15H,1,4-11H2,2H3. The van der Waals surface area contributed by atoms with Crippen LogP contribution >= 0.6 is 0 Å². The Kier molecular flexibility index (Phi) is 4.42. The number of nitrogens with one attached hydrogen (secondary N) is 1. The molecule has 2 fully saturated rings. The molecule has 2 aliphatic rings. The highest BCUT2D eigenvalue weighted by Gasteiger charge is 2.35. The summed E-state index contributed by atoms with van der Waals surface area (Å²) in [5.41, 5.74) is 0. The Morgan fingerprint density at radius 2 is 2.12 bits per heavy atom. The van der Waals surface area contributed by atoms with Crippen molar-refractivity contribution in [2.24, 2.45) is 5.92 Å². The van der Waals surface area contributed by atoms with Gasteiger partial charge in [-0.25, -0.2) is 0 Å². The lowest BCUT2D eigenvalue weighted by molar-refractivity contribution is 0.0712. The third kappa shape index (κ3) is 3.08. The first-order chi connectivity index (χ1) is 7.85. The van der Waals surface area contributed by atoms with Crippen molar-refractivity contribution >= 4 is 0 Å². The molecule has 0 radical (unpaired) electrons. The molecule has 0 bridgehead atoms. The fraction of sp³-hybridized carbons (Fsp3) is 0.857. The van der Waals surface area contributed by atoms with E-state index < -0.39 is 0 Å². The molecule has 2 saturated carbocycles. The number of rotatable bonds is 8. The van der Waals surface area contributed by atoms with Crippen LogP contribution in [0.4, 0.5) is 0 Å². The first kappa shape index (κ1) is 12.1. The number of hydrogen-bond acceptors (Lipinski definition) is 2. The lowest BCUT2D eigenvalue weighted by Crippen LogP contribution is -2.51. The highest BCUT2D eigenvalue weighted by Crippen LogP contribution is 2.32. The lowest BCUT2D eigenvalue weighted by atomic mass is 9.78. The van der Waals surface area contributed by atoms with Gasteiger partial charge in [-0.05, 0) is 51.1 Å². The van der Waals surface area contributed by atoms with Crippen LogP contribution in [0, 0.1) is 5.92 Å². The monoisotopic (exact) mass is 222 g/mol.